The molecule has 1 saturated heterocycles. The average molecular weight is 296 g/mol. The minimum Gasteiger partial charge on any atom is -0.483 e. The molecule has 3 rings (SSSR count). The van der Waals surface area contributed by atoms with Gasteiger partial charge in [-0.3, -0.25) is 9.78 Å². The molecule has 0 bridgehead atoms. The fourth-order valence-electron chi connectivity index (χ4n) is 2.47. The molecule has 2 aliphatic rings. The molecule has 0 aromatic carbocycles. The van der Waals surface area contributed by atoms with Crippen molar-refractivity contribution in [3.8, 4) is 5.75 Å². The van der Waals surface area contributed by atoms with Crippen molar-refractivity contribution >= 4 is 24.0 Å². The molecule has 6 heteroatoms. The van der Waals surface area contributed by atoms with Crippen LogP contribution in [0.1, 0.15) is 19.4 Å². The molecule has 1 fully saturated rings. The summed E-state index contributed by atoms with van der Waals surface area (Å²) >= 11 is 0. The van der Waals surface area contributed by atoms with E-state index in [1.165, 1.54) is 0 Å². The lowest BCUT2D eigenvalue weighted by Gasteiger charge is -2.36. The first-order valence-corrected chi connectivity index (χ1v) is 6.44. The molecule has 0 saturated carbocycles. The van der Waals surface area contributed by atoms with Gasteiger partial charge in [0.25, 0.3) is 0 Å². The van der Waals surface area contributed by atoms with E-state index in [0.29, 0.717) is 13.1 Å². The van der Waals surface area contributed by atoms with E-state index >= 15 is 0 Å². The van der Waals surface area contributed by atoms with E-state index in [2.05, 4.69) is 10.3 Å². The van der Waals surface area contributed by atoms with Crippen molar-refractivity contribution in [3.05, 3.63) is 30.1 Å². The normalized spacial score (nSPS) is 20.4. The molecule has 0 aliphatic carbocycles. The number of rotatable bonds is 1. The van der Waals surface area contributed by atoms with Gasteiger partial charge in [0.05, 0.1) is 17.8 Å². The van der Waals surface area contributed by atoms with Crippen LogP contribution in [0.2, 0.25) is 0 Å². The van der Waals surface area contributed by atoms with E-state index in [1.807, 2.05) is 30.9 Å². The van der Waals surface area contributed by atoms with Crippen molar-refractivity contribution in [3.63, 3.8) is 0 Å². The first-order valence-electron chi connectivity index (χ1n) is 6.44. The monoisotopic (exact) mass is 295 g/mol. The summed E-state index contributed by atoms with van der Waals surface area (Å²) in [6.45, 7) is 5.84. The van der Waals surface area contributed by atoms with Gasteiger partial charge in [0.1, 0.15) is 11.4 Å². The number of nitrogens with zero attached hydrogens (tertiary/aromatic N) is 2. The number of piperazine rings is 1. The lowest BCUT2D eigenvalue weighted by molar-refractivity contribution is -0.128. The number of ether oxygens (including phenoxy) is 1. The number of carbonyl (C=O) groups excluding carboxylic acids is 1. The third kappa shape index (κ3) is 2.64. The molecule has 0 spiro atoms. The van der Waals surface area contributed by atoms with Gasteiger partial charge in [0.2, 0.25) is 5.91 Å². The Morgan fingerprint density at radius 2 is 2.25 bits per heavy atom. The second kappa shape index (κ2) is 5.42. The lowest BCUT2D eigenvalue weighted by Crippen LogP contribution is -2.48. The van der Waals surface area contributed by atoms with Crippen molar-refractivity contribution in [1.82, 2.24) is 15.2 Å². The number of hydrogen-bond donors (Lipinski definition) is 1. The fraction of sp³-hybridized carbons (Fsp3) is 0.429. The molecular formula is C14H18ClN3O2. The first-order chi connectivity index (χ1) is 9.07. The summed E-state index contributed by atoms with van der Waals surface area (Å²) in [6.07, 6.45) is 5.46. The van der Waals surface area contributed by atoms with Crippen LogP contribution in [0, 0.1) is 0 Å². The Balaban J connectivity index is 0.00000147. The van der Waals surface area contributed by atoms with Crippen LogP contribution in [0.25, 0.3) is 5.70 Å². The molecule has 5 nitrogen and oxygen atoms in total. The van der Waals surface area contributed by atoms with Crippen LogP contribution in [-0.2, 0) is 4.79 Å². The van der Waals surface area contributed by atoms with E-state index in [0.717, 1.165) is 23.6 Å². The summed E-state index contributed by atoms with van der Waals surface area (Å²) in [6, 6.07) is 1.84. The molecule has 1 aromatic heterocycles. The molecule has 0 atom stereocenters. The van der Waals surface area contributed by atoms with E-state index in [1.54, 1.807) is 12.4 Å². The largest absolute Gasteiger partial charge is 0.483 e. The minimum atomic E-state index is -0.422. The summed E-state index contributed by atoms with van der Waals surface area (Å²) < 4.78 is 5.91. The average Bonchev–Trinajstić information content (AvgIpc) is 2.37. The van der Waals surface area contributed by atoms with Crippen LogP contribution < -0.4 is 10.1 Å². The van der Waals surface area contributed by atoms with Gasteiger partial charge in [0.15, 0.2) is 0 Å². The molecule has 1 amide bonds. The number of aromatic nitrogens is 1. The number of pyridine rings is 1. The van der Waals surface area contributed by atoms with Crippen molar-refractivity contribution in [2.24, 2.45) is 0 Å². The third-order valence-corrected chi connectivity index (χ3v) is 3.29. The molecule has 108 valence electrons. The second-order valence-corrected chi connectivity index (χ2v) is 5.33. The van der Waals surface area contributed by atoms with E-state index in [-0.39, 0.29) is 18.3 Å². The molecule has 2 aliphatic heterocycles. The van der Waals surface area contributed by atoms with Gasteiger partial charge in [0, 0.05) is 25.5 Å². The topological polar surface area (TPSA) is 54.5 Å². The molecule has 1 aromatic rings. The zero-order valence-corrected chi connectivity index (χ0v) is 12.4. The fourth-order valence-corrected chi connectivity index (χ4v) is 2.47. The number of carbonyl (C=O) groups is 1. The highest BCUT2D eigenvalue weighted by molar-refractivity contribution is 5.90. The summed E-state index contributed by atoms with van der Waals surface area (Å²) in [5.74, 6) is 0.869. The second-order valence-electron chi connectivity index (χ2n) is 5.33. The summed E-state index contributed by atoms with van der Waals surface area (Å²) in [4.78, 5) is 18.0. The number of amides is 1. The van der Waals surface area contributed by atoms with Crippen LogP contribution in [0.4, 0.5) is 0 Å². The number of hydrogen-bond acceptors (Lipinski definition) is 4. The smallest absolute Gasteiger partial charge is 0.240 e. The molecule has 3 heterocycles. The SMILES string of the molecule is CC1(C)C=C(N2CCNCC2=O)c2cnccc2O1.Cl. The Hall–Kier alpha value is -1.59. The summed E-state index contributed by atoms with van der Waals surface area (Å²) in [7, 11) is 0. The van der Waals surface area contributed by atoms with Crippen molar-refractivity contribution in [1.29, 1.82) is 0 Å². The van der Waals surface area contributed by atoms with Gasteiger partial charge >= 0.3 is 0 Å². The Bertz CT molecular complexity index is 557. The van der Waals surface area contributed by atoms with E-state index < -0.39 is 5.60 Å². The van der Waals surface area contributed by atoms with Crippen molar-refractivity contribution < 1.29 is 9.53 Å². The maximum atomic E-state index is 12.1. The van der Waals surface area contributed by atoms with Crippen LogP contribution in [0.15, 0.2) is 24.5 Å². The Kier molecular flexibility index (Phi) is 4.01. The molecular weight excluding hydrogens is 278 g/mol. The van der Waals surface area contributed by atoms with Gasteiger partial charge in [-0.1, -0.05) is 0 Å². The zero-order chi connectivity index (χ0) is 13.5. The first kappa shape index (κ1) is 14.8. The van der Waals surface area contributed by atoms with Gasteiger partial charge in [-0.05, 0) is 26.0 Å². The standard InChI is InChI=1S/C14H17N3O2.ClH/c1-14(2)7-11(17-6-5-16-9-13(17)18)10-8-15-4-3-12(10)19-14;/h3-4,7-8,16H,5-6,9H2,1-2H3;1H. The van der Waals surface area contributed by atoms with Crippen LogP contribution in [-0.4, -0.2) is 41.0 Å². The van der Waals surface area contributed by atoms with Crippen molar-refractivity contribution in [2.75, 3.05) is 19.6 Å². The lowest BCUT2D eigenvalue weighted by atomic mass is 9.99. The molecule has 20 heavy (non-hydrogen) atoms. The maximum absolute atomic E-state index is 12.1. The van der Waals surface area contributed by atoms with Gasteiger partial charge < -0.3 is 15.0 Å². The number of fused-ring (bicyclic) bond motifs is 1. The summed E-state index contributed by atoms with van der Waals surface area (Å²) in [5, 5.41) is 3.08. The number of halogens is 1. The van der Waals surface area contributed by atoms with Crippen LogP contribution in [0.5, 0.6) is 5.75 Å². The molecule has 0 radical (unpaired) electrons. The summed E-state index contributed by atoms with van der Waals surface area (Å²) in [5.41, 5.74) is 1.37. The predicted molar refractivity (Wildman–Crippen MR) is 78.8 cm³/mol. The van der Waals surface area contributed by atoms with Crippen LogP contribution >= 0.6 is 12.4 Å². The van der Waals surface area contributed by atoms with E-state index in [9.17, 15) is 4.79 Å². The Morgan fingerprint density at radius 1 is 1.45 bits per heavy atom. The third-order valence-electron chi connectivity index (χ3n) is 3.29. The Morgan fingerprint density at radius 3 is 3.00 bits per heavy atom. The minimum absolute atomic E-state index is 0. The zero-order valence-electron chi connectivity index (χ0n) is 11.5. The van der Waals surface area contributed by atoms with Crippen molar-refractivity contribution in [2.45, 2.75) is 19.4 Å². The Labute approximate surface area is 124 Å². The highest BCUT2D eigenvalue weighted by atomic mass is 35.5. The molecule has 0 unspecified atom stereocenters. The van der Waals surface area contributed by atoms with E-state index in [4.69, 9.17) is 4.74 Å². The highest BCUT2D eigenvalue weighted by Gasteiger charge is 2.32. The quantitative estimate of drug-likeness (QED) is 0.852. The van der Waals surface area contributed by atoms with Gasteiger partial charge in [-0.15, -0.1) is 12.4 Å². The van der Waals surface area contributed by atoms with Gasteiger partial charge in [-0.2, -0.15) is 0 Å². The maximum Gasteiger partial charge on any atom is 0.240 e. The predicted octanol–water partition coefficient (Wildman–Crippen LogP) is 1.45. The van der Waals surface area contributed by atoms with Gasteiger partial charge in [-0.25, -0.2) is 0 Å². The number of nitrogens with one attached hydrogen (secondary N) is 1. The molecule has 1 N–H and O–H groups in total. The highest BCUT2D eigenvalue weighted by Crippen LogP contribution is 2.37. The van der Waals surface area contributed by atoms with Crippen LogP contribution in [0.3, 0.4) is 0 Å².